The van der Waals surface area contributed by atoms with Crippen LogP contribution < -0.4 is 30.3 Å². The third-order valence-electron chi connectivity index (χ3n) is 6.63. The van der Waals surface area contributed by atoms with E-state index in [0.717, 1.165) is 0 Å². The number of aliphatic hydroxyl groups excluding tert-OH is 1. The Balaban J connectivity index is 1.37. The number of carbonyl (C=O) groups is 2. The third kappa shape index (κ3) is 9.21. The number of amides is 2. The first-order valence-electron chi connectivity index (χ1n) is 14.1. The average Bonchev–Trinajstić information content (AvgIpc) is 3.03. The Labute approximate surface area is 286 Å². The molecule has 3 aromatic carbocycles. The number of halogens is 2. The second kappa shape index (κ2) is 16.2. The van der Waals surface area contributed by atoms with Crippen LogP contribution in [0.15, 0.2) is 79.9 Å². The lowest BCUT2D eigenvalue weighted by molar-refractivity contribution is -0.384. The van der Waals surface area contributed by atoms with Gasteiger partial charge in [0.2, 0.25) is 0 Å². The number of hydrazone groups is 1. The molecule has 0 fully saturated rings. The number of carbonyl (C=O) groups excluding carboxylic acids is 2. The van der Waals surface area contributed by atoms with E-state index in [1.807, 2.05) is 0 Å². The predicted molar refractivity (Wildman–Crippen MR) is 178 cm³/mol. The fraction of sp³-hybridized carbons (Fsp3) is 0.258. The summed E-state index contributed by atoms with van der Waals surface area (Å²) in [5.74, 6) is 0.587. The zero-order chi connectivity index (χ0) is 34.1. The summed E-state index contributed by atoms with van der Waals surface area (Å²) < 4.78 is 23.5. The monoisotopic (exact) mass is 775 g/mol. The first-order valence-corrected chi connectivity index (χ1v) is 15.7. The van der Waals surface area contributed by atoms with Gasteiger partial charge in [0.15, 0.2) is 17.7 Å². The van der Waals surface area contributed by atoms with Crippen LogP contribution in [0.4, 0.5) is 10.5 Å². The molecule has 1 aliphatic heterocycles. The molecule has 0 unspecified atom stereocenters. The summed E-state index contributed by atoms with van der Waals surface area (Å²) in [6.45, 7) is 3.65. The molecule has 1 heterocycles. The number of non-ortho nitro benzene ring substituents is 1. The number of esters is 1. The number of aliphatic hydroxyl groups is 1. The Morgan fingerprint density at radius 3 is 2.55 bits per heavy atom. The number of allylic oxidation sites excluding steroid dienone is 1. The van der Waals surface area contributed by atoms with Gasteiger partial charge in [-0.3, -0.25) is 15.5 Å². The van der Waals surface area contributed by atoms with E-state index in [1.165, 1.54) is 25.5 Å². The van der Waals surface area contributed by atoms with Gasteiger partial charge in [-0.05, 0) is 86.7 Å². The van der Waals surface area contributed by atoms with Crippen molar-refractivity contribution in [1.82, 2.24) is 16.1 Å². The fourth-order valence-corrected chi connectivity index (χ4v) is 5.98. The molecule has 0 aromatic heterocycles. The molecule has 2 atom stereocenters. The van der Waals surface area contributed by atoms with Crippen LogP contribution in [0.25, 0.3) is 0 Å². The van der Waals surface area contributed by atoms with E-state index in [4.69, 9.17) is 18.9 Å². The largest absolute Gasteiger partial charge is 0.490 e. The quantitative estimate of drug-likeness (QED) is 0.0557. The highest BCUT2D eigenvalue weighted by molar-refractivity contribution is 9.11. The Bertz CT molecular complexity index is 1690. The zero-order valence-corrected chi connectivity index (χ0v) is 28.6. The van der Waals surface area contributed by atoms with Crippen LogP contribution in [-0.2, 0) is 16.1 Å². The van der Waals surface area contributed by atoms with Gasteiger partial charge >= 0.3 is 12.0 Å². The van der Waals surface area contributed by atoms with Gasteiger partial charge in [-0.15, -0.1) is 0 Å². The van der Waals surface area contributed by atoms with Gasteiger partial charge in [-0.25, -0.2) is 9.59 Å². The minimum atomic E-state index is -1.19. The molecule has 0 saturated carbocycles. The molecule has 0 spiro atoms. The van der Waals surface area contributed by atoms with Crippen molar-refractivity contribution in [2.24, 2.45) is 5.10 Å². The van der Waals surface area contributed by atoms with Gasteiger partial charge in [0.1, 0.15) is 19.0 Å². The molecule has 3 aromatic rings. The van der Waals surface area contributed by atoms with E-state index in [1.54, 1.807) is 56.3 Å². The number of rotatable bonds is 14. The van der Waals surface area contributed by atoms with E-state index in [9.17, 15) is 24.8 Å². The highest BCUT2D eigenvalue weighted by Gasteiger charge is 2.32. The molecule has 2 amide bonds. The summed E-state index contributed by atoms with van der Waals surface area (Å²) in [4.78, 5) is 35.2. The molecule has 1 aliphatic rings. The standard InChI is InChI=1S/C31H31Br2N5O9/c1-4-45-25-13-20(28-27(30(40)44-3)17(2)35-31(41)36-28)8-9-24(25)46-16-26(39)37-34-14-19-11-22(32)29(23(33)12-19)47-15-18-6-5-7-21(10-18)38(42)43/h5-14,26,28,37,39H,4,15-16H2,1-3H3,(H2,35,36,41)/b34-14-/t26-,28-/m0/s1. The third-order valence-corrected chi connectivity index (χ3v) is 7.81. The van der Waals surface area contributed by atoms with Crippen molar-refractivity contribution < 1.29 is 38.6 Å². The lowest BCUT2D eigenvalue weighted by atomic mass is 9.95. The molecule has 16 heteroatoms. The molecule has 14 nitrogen and oxygen atoms in total. The highest BCUT2D eigenvalue weighted by atomic mass is 79.9. The van der Waals surface area contributed by atoms with Crippen LogP contribution >= 0.6 is 31.9 Å². The van der Waals surface area contributed by atoms with E-state index in [2.05, 4.69) is 53.0 Å². The fourth-order valence-electron chi connectivity index (χ4n) is 4.53. The minimum absolute atomic E-state index is 0.0179. The van der Waals surface area contributed by atoms with Crippen LogP contribution in [0.3, 0.4) is 0 Å². The second-order valence-corrected chi connectivity index (χ2v) is 11.7. The number of hydrogen-bond acceptors (Lipinski definition) is 11. The topological polar surface area (TPSA) is 183 Å². The molecular weight excluding hydrogens is 746 g/mol. The van der Waals surface area contributed by atoms with Gasteiger partial charge in [-0.1, -0.05) is 18.2 Å². The van der Waals surface area contributed by atoms with Crippen molar-refractivity contribution in [2.75, 3.05) is 20.3 Å². The summed E-state index contributed by atoms with van der Waals surface area (Å²) in [5.41, 5.74) is 5.08. The van der Waals surface area contributed by atoms with Crippen molar-refractivity contribution in [3.8, 4) is 17.2 Å². The number of nitro benzene ring substituents is 1. The number of ether oxygens (including phenoxy) is 4. The summed E-state index contributed by atoms with van der Waals surface area (Å²) in [6.07, 6.45) is 0.302. The van der Waals surface area contributed by atoms with Crippen molar-refractivity contribution in [1.29, 1.82) is 0 Å². The molecule has 4 N–H and O–H groups in total. The maximum atomic E-state index is 12.4. The van der Waals surface area contributed by atoms with E-state index < -0.39 is 29.2 Å². The lowest BCUT2D eigenvalue weighted by Gasteiger charge is -2.28. The number of nitro groups is 1. The lowest BCUT2D eigenvalue weighted by Crippen LogP contribution is -2.45. The molecule has 0 radical (unpaired) electrons. The van der Waals surface area contributed by atoms with Crippen molar-refractivity contribution in [3.63, 3.8) is 0 Å². The van der Waals surface area contributed by atoms with Gasteiger partial charge in [0.25, 0.3) is 5.69 Å². The highest BCUT2D eigenvalue weighted by Crippen LogP contribution is 2.36. The predicted octanol–water partition coefficient (Wildman–Crippen LogP) is 5.22. The smallest absolute Gasteiger partial charge is 0.337 e. The number of urea groups is 1. The van der Waals surface area contributed by atoms with Gasteiger partial charge in [0, 0.05) is 17.8 Å². The average molecular weight is 777 g/mol. The molecular formula is C31H31Br2N5O9. The van der Waals surface area contributed by atoms with Crippen LogP contribution in [0, 0.1) is 10.1 Å². The molecule has 248 valence electrons. The Kier molecular flexibility index (Phi) is 12.2. The van der Waals surface area contributed by atoms with Crippen molar-refractivity contribution in [2.45, 2.75) is 32.7 Å². The van der Waals surface area contributed by atoms with Gasteiger partial charge < -0.3 is 34.7 Å². The van der Waals surface area contributed by atoms with Crippen LogP contribution in [0.1, 0.15) is 36.6 Å². The molecule has 0 aliphatic carbocycles. The van der Waals surface area contributed by atoms with Gasteiger partial charge in [0.05, 0.1) is 45.4 Å². The number of nitrogens with zero attached hydrogens (tertiary/aromatic N) is 2. The summed E-state index contributed by atoms with van der Waals surface area (Å²) >= 11 is 6.95. The summed E-state index contributed by atoms with van der Waals surface area (Å²) in [7, 11) is 1.26. The SMILES string of the molecule is CCOc1cc([C@@H]2NC(=O)NC(C)=C2C(=O)OC)ccc1OC[C@H](O)N/N=C\c1cc(Br)c(OCc2cccc([N+](=O)[O-])c2)c(Br)c1. The number of methoxy groups -OCH3 is 1. The van der Waals surface area contributed by atoms with Crippen molar-refractivity contribution in [3.05, 3.63) is 102 Å². The Morgan fingerprint density at radius 2 is 1.87 bits per heavy atom. The molecule has 47 heavy (non-hydrogen) atoms. The normalized spacial score (nSPS) is 15.0. The van der Waals surface area contributed by atoms with Crippen LogP contribution in [-0.4, -0.2) is 54.8 Å². The molecule has 0 saturated heterocycles. The number of hydrogen-bond donors (Lipinski definition) is 4. The summed E-state index contributed by atoms with van der Waals surface area (Å²) in [6, 6.07) is 13.4. The van der Waals surface area contributed by atoms with Crippen LogP contribution in [0.2, 0.25) is 0 Å². The van der Waals surface area contributed by atoms with Gasteiger partial charge in [-0.2, -0.15) is 5.10 Å². The van der Waals surface area contributed by atoms with Crippen LogP contribution in [0.5, 0.6) is 17.2 Å². The maximum Gasteiger partial charge on any atom is 0.337 e. The summed E-state index contributed by atoms with van der Waals surface area (Å²) in [5, 5.41) is 30.9. The Hall–Kier alpha value is -4.67. The number of benzene rings is 3. The molecule has 4 rings (SSSR count). The minimum Gasteiger partial charge on any atom is -0.490 e. The first kappa shape index (κ1) is 35.2. The Morgan fingerprint density at radius 1 is 1.13 bits per heavy atom. The number of nitrogens with one attached hydrogen (secondary N) is 3. The van der Waals surface area contributed by atoms with E-state index in [0.29, 0.717) is 55.2 Å². The first-order chi connectivity index (χ1) is 22.5. The molecule has 0 bridgehead atoms. The second-order valence-electron chi connectivity index (χ2n) is 9.94. The maximum absolute atomic E-state index is 12.4. The van der Waals surface area contributed by atoms with E-state index in [-0.39, 0.29) is 24.5 Å². The van der Waals surface area contributed by atoms with E-state index >= 15 is 0 Å². The van der Waals surface area contributed by atoms with Crippen molar-refractivity contribution >= 4 is 55.8 Å². The zero-order valence-electron chi connectivity index (χ0n) is 25.4.